The second kappa shape index (κ2) is 5.41. The lowest BCUT2D eigenvalue weighted by Gasteiger charge is -2.21. The number of nitrogens with zero attached hydrogens (tertiary/aromatic N) is 1. The first-order chi connectivity index (χ1) is 8.16. The van der Waals surface area contributed by atoms with Crippen LogP contribution in [0, 0.1) is 0 Å². The number of likely N-dealkylation sites (tertiary alicyclic amines) is 1. The Kier molecular flexibility index (Phi) is 3.89. The molecule has 2 rings (SSSR count). The molecule has 92 valence electrons. The average Bonchev–Trinajstić information content (AvgIpc) is 2.81. The highest BCUT2D eigenvalue weighted by Gasteiger charge is 2.24. The topological polar surface area (TPSA) is 29.5 Å². The van der Waals surface area contributed by atoms with Crippen molar-refractivity contribution in [1.82, 2.24) is 4.90 Å². The van der Waals surface area contributed by atoms with E-state index in [1.54, 1.807) is 25.1 Å². The Balaban J connectivity index is 1.96. The van der Waals surface area contributed by atoms with Crippen molar-refractivity contribution in [3.8, 4) is 5.75 Å². The molecule has 0 spiro atoms. The van der Waals surface area contributed by atoms with Gasteiger partial charge in [0.15, 0.2) is 6.10 Å². The number of hydrogen-bond acceptors (Lipinski definition) is 2. The summed E-state index contributed by atoms with van der Waals surface area (Å²) in [6.45, 7) is 3.48. The summed E-state index contributed by atoms with van der Waals surface area (Å²) in [4.78, 5) is 13.9. The third kappa shape index (κ3) is 3.13. The van der Waals surface area contributed by atoms with Gasteiger partial charge < -0.3 is 9.64 Å². The van der Waals surface area contributed by atoms with E-state index < -0.39 is 6.10 Å². The summed E-state index contributed by atoms with van der Waals surface area (Å²) in [5, 5.41) is 0.614. The van der Waals surface area contributed by atoms with E-state index in [-0.39, 0.29) is 5.91 Å². The third-order valence-electron chi connectivity index (χ3n) is 2.87. The highest BCUT2D eigenvalue weighted by molar-refractivity contribution is 6.30. The molecule has 1 aromatic carbocycles. The van der Waals surface area contributed by atoms with Gasteiger partial charge in [-0.15, -0.1) is 0 Å². The van der Waals surface area contributed by atoms with Crippen molar-refractivity contribution in [2.75, 3.05) is 13.1 Å². The van der Waals surface area contributed by atoms with E-state index in [4.69, 9.17) is 16.3 Å². The highest BCUT2D eigenvalue weighted by Crippen LogP contribution is 2.19. The number of rotatable bonds is 3. The van der Waals surface area contributed by atoms with Crippen LogP contribution in [-0.2, 0) is 4.79 Å². The van der Waals surface area contributed by atoms with E-state index in [0.29, 0.717) is 10.8 Å². The molecule has 0 aromatic heterocycles. The van der Waals surface area contributed by atoms with Crippen molar-refractivity contribution in [3.63, 3.8) is 0 Å². The molecule has 1 unspecified atom stereocenters. The van der Waals surface area contributed by atoms with Gasteiger partial charge in [-0.2, -0.15) is 0 Å². The second-order valence-electron chi connectivity index (χ2n) is 4.25. The van der Waals surface area contributed by atoms with Gasteiger partial charge in [-0.05, 0) is 38.0 Å². The number of hydrogen-bond donors (Lipinski definition) is 0. The fourth-order valence-corrected chi connectivity index (χ4v) is 2.17. The highest BCUT2D eigenvalue weighted by atomic mass is 35.5. The first-order valence-corrected chi connectivity index (χ1v) is 6.25. The lowest BCUT2D eigenvalue weighted by molar-refractivity contribution is -0.136. The van der Waals surface area contributed by atoms with Gasteiger partial charge in [-0.25, -0.2) is 0 Å². The monoisotopic (exact) mass is 253 g/mol. The van der Waals surface area contributed by atoms with Crippen molar-refractivity contribution in [3.05, 3.63) is 29.3 Å². The molecule has 1 heterocycles. The molecule has 1 aliphatic rings. The molecule has 3 nitrogen and oxygen atoms in total. The van der Waals surface area contributed by atoms with E-state index in [1.807, 2.05) is 11.0 Å². The minimum absolute atomic E-state index is 0.0578. The van der Waals surface area contributed by atoms with E-state index in [2.05, 4.69) is 0 Å². The summed E-state index contributed by atoms with van der Waals surface area (Å²) < 4.78 is 5.59. The maximum absolute atomic E-state index is 12.0. The Bertz CT molecular complexity index is 402. The molecule has 0 N–H and O–H groups in total. The van der Waals surface area contributed by atoms with Crippen LogP contribution in [-0.4, -0.2) is 30.0 Å². The standard InChI is InChI=1S/C13H16ClNO2/c1-10(13(16)15-7-2-3-8-15)17-12-6-4-5-11(14)9-12/h4-6,9-10H,2-3,7-8H2,1H3. The molecule has 0 saturated carbocycles. The van der Waals surface area contributed by atoms with E-state index in [9.17, 15) is 4.79 Å². The second-order valence-corrected chi connectivity index (χ2v) is 4.69. The predicted molar refractivity (Wildman–Crippen MR) is 67.4 cm³/mol. The summed E-state index contributed by atoms with van der Waals surface area (Å²) in [6.07, 6.45) is 1.73. The number of carbonyl (C=O) groups excluding carboxylic acids is 1. The first-order valence-electron chi connectivity index (χ1n) is 5.88. The molecule has 0 radical (unpaired) electrons. The first kappa shape index (κ1) is 12.2. The lowest BCUT2D eigenvalue weighted by atomic mass is 10.3. The van der Waals surface area contributed by atoms with Gasteiger partial charge in [0.25, 0.3) is 5.91 Å². The minimum atomic E-state index is -0.452. The van der Waals surface area contributed by atoms with Crippen molar-refractivity contribution < 1.29 is 9.53 Å². The fourth-order valence-electron chi connectivity index (χ4n) is 1.99. The van der Waals surface area contributed by atoms with Crippen molar-refractivity contribution in [1.29, 1.82) is 0 Å². The number of benzene rings is 1. The van der Waals surface area contributed by atoms with Crippen molar-refractivity contribution >= 4 is 17.5 Å². The van der Waals surface area contributed by atoms with Crippen LogP contribution in [0.1, 0.15) is 19.8 Å². The van der Waals surface area contributed by atoms with Crippen LogP contribution in [0.4, 0.5) is 0 Å². The Labute approximate surface area is 106 Å². The molecular formula is C13H16ClNO2. The zero-order chi connectivity index (χ0) is 12.3. The third-order valence-corrected chi connectivity index (χ3v) is 3.11. The van der Waals surface area contributed by atoms with Gasteiger partial charge in [0.2, 0.25) is 0 Å². The van der Waals surface area contributed by atoms with Gasteiger partial charge in [0.1, 0.15) is 5.75 Å². The lowest BCUT2D eigenvalue weighted by Crippen LogP contribution is -2.38. The summed E-state index contributed by atoms with van der Waals surface area (Å²) in [6, 6.07) is 7.11. The maximum atomic E-state index is 12.0. The summed E-state index contributed by atoms with van der Waals surface area (Å²) in [5.74, 6) is 0.694. The molecular weight excluding hydrogens is 238 g/mol. The zero-order valence-electron chi connectivity index (χ0n) is 9.86. The molecule has 1 aromatic rings. The quantitative estimate of drug-likeness (QED) is 0.829. The number of amides is 1. The zero-order valence-corrected chi connectivity index (χ0v) is 10.6. The normalized spacial score (nSPS) is 16.9. The van der Waals surface area contributed by atoms with Gasteiger partial charge in [-0.1, -0.05) is 17.7 Å². The number of ether oxygens (including phenoxy) is 1. The summed E-state index contributed by atoms with van der Waals surface area (Å²) in [7, 11) is 0. The smallest absolute Gasteiger partial charge is 0.263 e. The molecule has 1 aliphatic heterocycles. The Morgan fingerprint density at radius 3 is 2.76 bits per heavy atom. The molecule has 0 bridgehead atoms. The van der Waals surface area contributed by atoms with Crippen LogP contribution < -0.4 is 4.74 Å². The Morgan fingerprint density at radius 2 is 2.12 bits per heavy atom. The van der Waals surface area contributed by atoms with Gasteiger partial charge in [-0.3, -0.25) is 4.79 Å². The van der Waals surface area contributed by atoms with Gasteiger partial charge in [0, 0.05) is 18.1 Å². The van der Waals surface area contributed by atoms with Crippen LogP contribution in [0.15, 0.2) is 24.3 Å². The van der Waals surface area contributed by atoms with Crippen LogP contribution >= 0.6 is 11.6 Å². The molecule has 1 saturated heterocycles. The molecule has 1 atom stereocenters. The molecule has 4 heteroatoms. The number of carbonyl (C=O) groups is 1. The van der Waals surface area contributed by atoms with E-state index >= 15 is 0 Å². The van der Waals surface area contributed by atoms with Crippen molar-refractivity contribution in [2.45, 2.75) is 25.9 Å². The molecule has 1 fully saturated rings. The largest absolute Gasteiger partial charge is 0.481 e. The van der Waals surface area contributed by atoms with Crippen molar-refractivity contribution in [2.24, 2.45) is 0 Å². The van der Waals surface area contributed by atoms with Gasteiger partial charge in [0.05, 0.1) is 0 Å². The van der Waals surface area contributed by atoms with Crippen LogP contribution in [0.25, 0.3) is 0 Å². The molecule has 17 heavy (non-hydrogen) atoms. The Hall–Kier alpha value is -1.22. The van der Waals surface area contributed by atoms with E-state index in [0.717, 1.165) is 25.9 Å². The summed E-state index contributed by atoms with van der Waals surface area (Å²) >= 11 is 5.86. The van der Waals surface area contributed by atoms with Crippen LogP contribution in [0.3, 0.4) is 0 Å². The molecule has 1 amide bonds. The maximum Gasteiger partial charge on any atom is 0.263 e. The van der Waals surface area contributed by atoms with E-state index in [1.165, 1.54) is 0 Å². The minimum Gasteiger partial charge on any atom is -0.481 e. The molecule has 0 aliphatic carbocycles. The predicted octanol–water partition coefficient (Wildman–Crippen LogP) is 2.73. The van der Waals surface area contributed by atoms with Crippen LogP contribution in [0.2, 0.25) is 5.02 Å². The Morgan fingerprint density at radius 1 is 1.41 bits per heavy atom. The van der Waals surface area contributed by atoms with Crippen LogP contribution in [0.5, 0.6) is 5.75 Å². The number of halogens is 1. The SMILES string of the molecule is CC(Oc1cccc(Cl)c1)C(=O)N1CCCC1. The fraction of sp³-hybridized carbons (Fsp3) is 0.462. The average molecular weight is 254 g/mol. The summed E-state index contributed by atoms with van der Waals surface area (Å²) in [5.41, 5.74) is 0. The van der Waals surface area contributed by atoms with Gasteiger partial charge >= 0.3 is 0 Å².